The summed E-state index contributed by atoms with van der Waals surface area (Å²) in [6.45, 7) is 4.57. The molecule has 0 aliphatic heterocycles. The van der Waals surface area contributed by atoms with Crippen LogP contribution in [0.3, 0.4) is 0 Å². The van der Waals surface area contributed by atoms with Gasteiger partial charge in [0.05, 0.1) is 11.9 Å². The monoisotopic (exact) mass is 565 g/mol. The molecule has 2 aromatic heterocycles. The van der Waals surface area contributed by atoms with E-state index in [0.717, 1.165) is 5.56 Å². The van der Waals surface area contributed by atoms with Crippen molar-refractivity contribution in [2.45, 2.75) is 26.3 Å². The number of hydrogen-bond acceptors (Lipinski definition) is 6. The molecule has 2 heterocycles. The van der Waals surface area contributed by atoms with Crippen LogP contribution in [0.4, 0.5) is 11.4 Å². The van der Waals surface area contributed by atoms with E-state index in [2.05, 4.69) is 34.6 Å². The third kappa shape index (κ3) is 6.80. The average molecular weight is 566 g/mol. The number of benzene rings is 3. The maximum Gasteiger partial charge on any atom is 0.299 e. The minimum Gasteiger partial charge on any atom is -0.453 e. The summed E-state index contributed by atoms with van der Waals surface area (Å²) in [5, 5.41) is 10.9. The number of carbonyl (C=O) groups excluding carboxylic acids is 1. The van der Waals surface area contributed by atoms with E-state index >= 15 is 0 Å². The van der Waals surface area contributed by atoms with Gasteiger partial charge in [-0.1, -0.05) is 55.8 Å². The van der Waals surface area contributed by atoms with Gasteiger partial charge in [-0.25, -0.2) is 0 Å². The fourth-order valence-electron chi connectivity index (χ4n) is 4.14. The number of nitrogens with zero attached hydrogens (tertiary/aromatic N) is 3. The lowest BCUT2D eigenvalue weighted by Gasteiger charge is -2.15. The van der Waals surface area contributed by atoms with E-state index in [0.29, 0.717) is 40.2 Å². The highest BCUT2D eigenvalue weighted by Crippen LogP contribution is 2.30. The second-order valence-electron chi connectivity index (χ2n) is 9.66. The van der Waals surface area contributed by atoms with Crippen LogP contribution >= 0.6 is 11.6 Å². The fraction of sp³-hybridized carbons (Fsp3) is 0.125. The number of anilines is 2. The first-order chi connectivity index (χ1) is 19.9. The molecule has 0 unspecified atom stereocenters. The van der Waals surface area contributed by atoms with Crippen molar-refractivity contribution in [3.8, 4) is 17.2 Å². The molecule has 5 rings (SSSR count). The van der Waals surface area contributed by atoms with Gasteiger partial charge < -0.3 is 15.4 Å². The van der Waals surface area contributed by atoms with Crippen molar-refractivity contribution in [1.29, 1.82) is 0 Å². The van der Waals surface area contributed by atoms with Crippen LogP contribution in [0.2, 0.25) is 5.02 Å². The van der Waals surface area contributed by atoms with Crippen LogP contribution in [-0.2, 0) is 6.54 Å². The van der Waals surface area contributed by atoms with Crippen molar-refractivity contribution < 1.29 is 9.53 Å². The second-order valence-corrected chi connectivity index (χ2v) is 10.1. The van der Waals surface area contributed by atoms with Gasteiger partial charge in [0.1, 0.15) is 5.75 Å². The number of rotatable bonds is 9. The van der Waals surface area contributed by atoms with Gasteiger partial charge >= 0.3 is 0 Å². The first-order valence-corrected chi connectivity index (χ1v) is 13.5. The Kier molecular flexibility index (Phi) is 8.41. The van der Waals surface area contributed by atoms with Crippen LogP contribution in [0.25, 0.3) is 5.69 Å². The maximum atomic E-state index is 13.7. The molecule has 0 radical (unpaired) electrons. The molecule has 0 fully saturated rings. The van der Waals surface area contributed by atoms with Crippen LogP contribution in [0.5, 0.6) is 11.5 Å². The third-order valence-electron chi connectivity index (χ3n) is 6.34. The SMILES string of the molecule is CC(C)c1ccc(Oc2cnn(-c3cccc(Cl)c3)c(=O)c2Nc2cccc(C(=O)NCc3cccnc3)c2)cc1. The second kappa shape index (κ2) is 12.5. The Morgan fingerprint density at radius 2 is 1.78 bits per heavy atom. The number of nitrogens with one attached hydrogen (secondary N) is 2. The van der Waals surface area contributed by atoms with Gasteiger partial charge in [-0.2, -0.15) is 9.78 Å². The van der Waals surface area contributed by atoms with Gasteiger partial charge in [0.25, 0.3) is 11.5 Å². The molecular weight excluding hydrogens is 538 g/mol. The van der Waals surface area contributed by atoms with Gasteiger partial charge in [0.15, 0.2) is 11.4 Å². The average Bonchev–Trinajstić information content (AvgIpc) is 2.99. The van der Waals surface area contributed by atoms with E-state index in [9.17, 15) is 9.59 Å². The standard InChI is InChI=1S/C32H28ClN5O3/c1-21(2)23-11-13-28(14-12-23)41-29-20-36-38(27-10-4-8-25(33)17-27)32(40)30(29)37-26-9-3-7-24(16-26)31(39)35-19-22-6-5-15-34-18-22/h3-18,20-21,37H,19H2,1-2H3,(H,35,39). The molecular formula is C32H28ClN5O3. The number of aromatic nitrogens is 3. The van der Waals surface area contributed by atoms with Crippen molar-refractivity contribution in [2.75, 3.05) is 5.32 Å². The molecule has 0 saturated heterocycles. The lowest BCUT2D eigenvalue weighted by Crippen LogP contribution is -2.24. The molecule has 206 valence electrons. The molecule has 0 atom stereocenters. The molecule has 0 aliphatic rings. The Labute approximate surface area is 242 Å². The van der Waals surface area contributed by atoms with Crippen molar-refractivity contribution in [3.05, 3.63) is 136 Å². The fourth-order valence-corrected chi connectivity index (χ4v) is 4.32. The summed E-state index contributed by atoms with van der Waals surface area (Å²) in [6, 6.07) is 25.1. The molecule has 2 N–H and O–H groups in total. The van der Waals surface area contributed by atoms with Crippen molar-refractivity contribution in [2.24, 2.45) is 0 Å². The summed E-state index contributed by atoms with van der Waals surface area (Å²) in [5.74, 6) is 0.906. The summed E-state index contributed by atoms with van der Waals surface area (Å²) in [7, 11) is 0. The zero-order valence-corrected chi connectivity index (χ0v) is 23.3. The predicted octanol–water partition coefficient (Wildman–Crippen LogP) is 6.87. The molecule has 5 aromatic rings. The van der Waals surface area contributed by atoms with Gasteiger partial charge in [0.2, 0.25) is 0 Å². The van der Waals surface area contributed by atoms with Gasteiger partial charge in [-0.05, 0) is 71.6 Å². The Hall–Kier alpha value is -4.95. The Morgan fingerprint density at radius 1 is 0.976 bits per heavy atom. The number of hydrogen-bond donors (Lipinski definition) is 2. The lowest BCUT2D eigenvalue weighted by molar-refractivity contribution is 0.0951. The van der Waals surface area contributed by atoms with Crippen molar-refractivity contribution >= 4 is 28.9 Å². The number of carbonyl (C=O) groups is 1. The van der Waals surface area contributed by atoms with Crippen LogP contribution in [0.15, 0.2) is 108 Å². The largest absolute Gasteiger partial charge is 0.453 e. The highest BCUT2D eigenvalue weighted by atomic mass is 35.5. The smallest absolute Gasteiger partial charge is 0.299 e. The molecule has 1 amide bonds. The Bertz CT molecular complexity index is 1720. The van der Waals surface area contributed by atoms with E-state index in [1.807, 2.05) is 36.4 Å². The minimum absolute atomic E-state index is 0.154. The molecule has 41 heavy (non-hydrogen) atoms. The van der Waals surface area contributed by atoms with Crippen molar-refractivity contribution in [1.82, 2.24) is 20.1 Å². The van der Waals surface area contributed by atoms with Crippen molar-refractivity contribution in [3.63, 3.8) is 0 Å². The summed E-state index contributed by atoms with van der Waals surface area (Å²) < 4.78 is 7.37. The van der Waals surface area contributed by atoms with Crippen LogP contribution in [0.1, 0.15) is 41.3 Å². The molecule has 0 spiro atoms. The molecule has 9 heteroatoms. The highest BCUT2D eigenvalue weighted by Gasteiger charge is 2.17. The van der Waals surface area contributed by atoms with Crippen LogP contribution in [0, 0.1) is 0 Å². The first-order valence-electron chi connectivity index (χ1n) is 13.1. The third-order valence-corrected chi connectivity index (χ3v) is 6.58. The maximum absolute atomic E-state index is 13.7. The normalized spacial score (nSPS) is 10.8. The summed E-state index contributed by atoms with van der Waals surface area (Å²) in [4.78, 5) is 30.7. The number of pyridine rings is 1. The molecule has 0 saturated carbocycles. The molecule has 0 bridgehead atoms. The molecule has 8 nitrogen and oxygen atoms in total. The van der Waals surface area contributed by atoms with E-state index in [-0.39, 0.29) is 17.3 Å². The van der Waals surface area contributed by atoms with E-state index < -0.39 is 5.56 Å². The summed E-state index contributed by atoms with van der Waals surface area (Å²) in [6.07, 6.45) is 4.86. The Balaban J connectivity index is 1.46. The van der Waals surface area contributed by atoms with Crippen LogP contribution < -0.4 is 20.9 Å². The zero-order chi connectivity index (χ0) is 28.8. The number of ether oxygens (including phenoxy) is 1. The van der Waals surface area contributed by atoms with E-state index in [4.69, 9.17) is 16.3 Å². The first kappa shape index (κ1) is 27.6. The quantitative estimate of drug-likeness (QED) is 0.202. The van der Waals surface area contributed by atoms with Gasteiger partial charge in [-0.15, -0.1) is 0 Å². The summed E-state index contributed by atoms with van der Waals surface area (Å²) in [5.41, 5.74) is 3.22. The van der Waals surface area contributed by atoms with Crippen LogP contribution in [-0.4, -0.2) is 20.7 Å². The van der Waals surface area contributed by atoms with Gasteiger partial charge in [-0.3, -0.25) is 14.6 Å². The van der Waals surface area contributed by atoms with Gasteiger partial charge in [0, 0.05) is 35.2 Å². The van der Waals surface area contributed by atoms with E-state index in [1.165, 1.54) is 16.4 Å². The summed E-state index contributed by atoms with van der Waals surface area (Å²) >= 11 is 6.18. The highest BCUT2D eigenvalue weighted by molar-refractivity contribution is 6.30. The predicted molar refractivity (Wildman–Crippen MR) is 161 cm³/mol. The zero-order valence-electron chi connectivity index (χ0n) is 22.5. The number of amides is 1. The molecule has 0 aliphatic carbocycles. The Morgan fingerprint density at radius 3 is 2.51 bits per heavy atom. The minimum atomic E-state index is -0.449. The topological polar surface area (TPSA) is 98.1 Å². The van der Waals surface area contributed by atoms with E-state index in [1.54, 1.807) is 60.9 Å². The molecule has 3 aromatic carbocycles. The lowest BCUT2D eigenvalue weighted by atomic mass is 10.0. The number of halogens is 1.